The van der Waals surface area contributed by atoms with E-state index in [9.17, 15) is 0 Å². The van der Waals surface area contributed by atoms with Crippen LogP contribution in [0.1, 0.15) is 0 Å². The van der Waals surface area contributed by atoms with Gasteiger partial charge in [0, 0.05) is 27.5 Å². The average Bonchev–Trinajstić information content (AvgIpc) is 3.50. The molecule has 2 aromatic heterocycles. The van der Waals surface area contributed by atoms with E-state index in [0.29, 0.717) is 17.5 Å². The van der Waals surface area contributed by atoms with Gasteiger partial charge in [0.2, 0.25) is 0 Å². The van der Waals surface area contributed by atoms with Gasteiger partial charge in [0.05, 0.1) is 0 Å². The fourth-order valence-corrected chi connectivity index (χ4v) is 6.41. The summed E-state index contributed by atoms with van der Waals surface area (Å²) in [6.45, 7) is 0. The normalized spacial score (nSPS) is 11.6. The van der Waals surface area contributed by atoms with Crippen LogP contribution >= 0.6 is 0 Å². The van der Waals surface area contributed by atoms with Crippen molar-refractivity contribution in [3.05, 3.63) is 152 Å². The number of furan rings is 1. The van der Waals surface area contributed by atoms with E-state index in [0.717, 1.165) is 65.9 Å². The van der Waals surface area contributed by atoms with Gasteiger partial charge in [-0.3, -0.25) is 0 Å². The van der Waals surface area contributed by atoms with Crippen molar-refractivity contribution in [1.82, 2.24) is 15.0 Å². The first-order valence-corrected chi connectivity index (χ1v) is 15.0. The quantitative estimate of drug-likeness (QED) is 0.209. The minimum absolute atomic E-state index is 0.640. The van der Waals surface area contributed by atoms with Gasteiger partial charge in [-0.25, -0.2) is 15.0 Å². The third-order valence-electron chi connectivity index (χ3n) is 8.53. The fourth-order valence-electron chi connectivity index (χ4n) is 6.41. The van der Waals surface area contributed by atoms with Crippen LogP contribution in [0.4, 0.5) is 0 Å². The second-order valence-electron chi connectivity index (χ2n) is 11.2. The molecule has 0 N–H and O–H groups in total. The Labute approximate surface area is 259 Å². The van der Waals surface area contributed by atoms with Gasteiger partial charge in [0.25, 0.3) is 0 Å². The molecule has 0 amide bonds. The zero-order valence-corrected chi connectivity index (χ0v) is 24.2. The number of nitrogens with zero attached hydrogens (tertiary/aromatic N) is 3. The van der Waals surface area contributed by atoms with E-state index in [1.54, 1.807) is 0 Å². The molecule has 4 nitrogen and oxygen atoms in total. The van der Waals surface area contributed by atoms with Crippen molar-refractivity contribution < 1.29 is 4.42 Å². The summed E-state index contributed by atoms with van der Waals surface area (Å²) in [5, 5.41) is 6.77. The van der Waals surface area contributed by atoms with Crippen LogP contribution in [0, 0.1) is 0 Å². The largest absolute Gasteiger partial charge is 0.456 e. The number of rotatable bonds is 4. The third kappa shape index (κ3) is 4.27. The Kier molecular flexibility index (Phi) is 5.78. The van der Waals surface area contributed by atoms with Crippen molar-refractivity contribution in [2.75, 3.05) is 0 Å². The summed E-state index contributed by atoms with van der Waals surface area (Å²) in [5.41, 5.74) is 6.90. The van der Waals surface area contributed by atoms with Gasteiger partial charge in [0.15, 0.2) is 17.5 Å². The molecule has 210 valence electrons. The predicted octanol–water partition coefficient (Wildman–Crippen LogP) is 10.7. The van der Waals surface area contributed by atoms with Crippen LogP contribution in [0.25, 0.3) is 88.8 Å². The third-order valence-corrected chi connectivity index (χ3v) is 8.53. The molecule has 0 aliphatic heterocycles. The number of hydrogen-bond donors (Lipinski definition) is 0. The van der Waals surface area contributed by atoms with Crippen LogP contribution in [0.5, 0.6) is 0 Å². The minimum Gasteiger partial charge on any atom is -0.456 e. The van der Waals surface area contributed by atoms with Crippen LogP contribution in [0.3, 0.4) is 0 Å². The summed E-state index contributed by atoms with van der Waals surface area (Å²) in [7, 11) is 0. The molecule has 0 radical (unpaired) electrons. The number of hydrogen-bond acceptors (Lipinski definition) is 4. The monoisotopic (exact) mass is 575 g/mol. The Balaban J connectivity index is 1.27. The molecule has 9 rings (SSSR count). The Hall–Kier alpha value is -6.13. The zero-order valence-electron chi connectivity index (χ0n) is 24.2. The van der Waals surface area contributed by atoms with Gasteiger partial charge in [0.1, 0.15) is 11.2 Å². The highest BCUT2D eigenvalue weighted by atomic mass is 16.3. The molecule has 0 aliphatic rings. The maximum atomic E-state index is 6.23. The SMILES string of the molecule is c1ccc(-c2nc(-c3ccc4ccccc4c3)nc(-c3cccc4c(-c5cccc6oc7ccccc7c56)cccc34)n2)cc1. The highest BCUT2D eigenvalue weighted by Gasteiger charge is 2.18. The summed E-state index contributed by atoms with van der Waals surface area (Å²) in [4.78, 5) is 15.1. The van der Waals surface area contributed by atoms with E-state index in [1.165, 1.54) is 5.39 Å². The molecule has 7 aromatic carbocycles. The lowest BCUT2D eigenvalue weighted by Crippen LogP contribution is -2.00. The number of aromatic nitrogens is 3. The molecule has 0 spiro atoms. The van der Waals surface area contributed by atoms with Crippen molar-refractivity contribution in [2.24, 2.45) is 0 Å². The second kappa shape index (κ2) is 10.2. The van der Waals surface area contributed by atoms with Gasteiger partial charge in [-0.1, -0.05) is 133 Å². The Morgan fingerprint density at radius 1 is 0.356 bits per heavy atom. The molecule has 0 fully saturated rings. The lowest BCUT2D eigenvalue weighted by molar-refractivity contribution is 0.669. The highest BCUT2D eigenvalue weighted by molar-refractivity contribution is 6.16. The van der Waals surface area contributed by atoms with Crippen molar-refractivity contribution in [3.8, 4) is 45.3 Å². The minimum atomic E-state index is 0.640. The summed E-state index contributed by atoms with van der Waals surface area (Å²) in [6, 6.07) is 52.2. The smallest absolute Gasteiger partial charge is 0.164 e. The average molecular weight is 576 g/mol. The lowest BCUT2D eigenvalue weighted by Gasteiger charge is -2.13. The molecule has 0 atom stereocenters. The summed E-state index contributed by atoms with van der Waals surface area (Å²) in [5.74, 6) is 1.93. The molecule has 0 unspecified atom stereocenters. The van der Waals surface area contributed by atoms with E-state index in [1.807, 2.05) is 48.5 Å². The maximum absolute atomic E-state index is 6.23. The molecule has 0 saturated carbocycles. The predicted molar refractivity (Wildman–Crippen MR) is 184 cm³/mol. The summed E-state index contributed by atoms with van der Waals surface area (Å²) in [6.07, 6.45) is 0. The lowest BCUT2D eigenvalue weighted by atomic mass is 9.93. The van der Waals surface area contributed by atoms with Crippen molar-refractivity contribution in [2.45, 2.75) is 0 Å². The number of fused-ring (bicyclic) bond motifs is 5. The van der Waals surface area contributed by atoms with E-state index in [4.69, 9.17) is 19.4 Å². The first-order valence-electron chi connectivity index (χ1n) is 15.0. The summed E-state index contributed by atoms with van der Waals surface area (Å²) < 4.78 is 6.23. The molecule has 0 bridgehead atoms. The first-order chi connectivity index (χ1) is 22.3. The molecule has 9 aromatic rings. The van der Waals surface area contributed by atoms with Gasteiger partial charge in [-0.15, -0.1) is 0 Å². The molecular formula is C41H25N3O. The molecule has 4 heteroatoms. The number of para-hydroxylation sites is 1. The topological polar surface area (TPSA) is 51.8 Å². The maximum Gasteiger partial charge on any atom is 0.164 e. The Bertz CT molecular complexity index is 2550. The van der Waals surface area contributed by atoms with Crippen LogP contribution in [-0.4, -0.2) is 15.0 Å². The van der Waals surface area contributed by atoms with Gasteiger partial charge < -0.3 is 4.42 Å². The summed E-state index contributed by atoms with van der Waals surface area (Å²) >= 11 is 0. The molecular weight excluding hydrogens is 550 g/mol. The van der Waals surface area contributed by atoms with Crippen molar-refractivity contribution >= 4 is 43.5 Å². The fraction of sp³-hybridized carbons (Fsp3) is 0. The standard InChI is InChI=1S/C41H25N3O/c1-2-12-27(13-3-1)39-42-40(29-24-23-26-11-4-5-14-28(26)25-29)44-41(43-39)34-20-9-16-30-31(17-8-18-32(30)34)33-19-10-22-37-38(33)35-15-6-7-21-36(35)45-37/h1-25H. The van der Waals surface area contributed by atoms with Gasteiger partial charge >= 0.3 is 0 Å². The molecule has 45 heavy (non-hydrogen) atoms. The van der Waals surface area contributed by atoms with Gasteiger partial charge in [-0.05, 0) is 50.9 Å². The van der Waals surface area contributed by atoms with E-state index >= 15 is 0 Å². The molecule has 2 heterocycles. The van der Waals surface area contributed by atoms with Crippen molar-refractivity contribution in [1.29, 1.82) is 0 Å². The van der Waals surface area contributed by atoms with E-state index in [2.05, 4.69) is 103 Å². The van der Waals surface area contributed by atoms with Crippen LogP contribution < -0.4 is 0 Å². The van der Waals surface area contributed by atoms with Crippen LogP contribution in [0.2, 0.25) is 0 Å². The van der Waals surface area contributed by atoms with E-state index < -0.39 is 0 Å². The second-order valence-corrected chi connectivity index (χ2v) is 11.2. The van der Waals surface area contributed by atoms with Crippen LogP contribution in [-0.2, 0) is 0 Å². The number of benzene rings is 7. The molecule has 0 aliphatic carbocycles. The highest BCUT2D eigenvalue weighted by Crippen LogP contribution is 2.41. The zero-order chi connectivity index (χ0) is 29.7. The molecule has 0 saturated heterocycles. The van der Waals surface area contributed by atoms with Gasteiger partial charge in [-0.2, -0.15) is 0 Å². The first kappa shape index (κ1) is 25.4. The van der Waals surface area contributed by atoms with Crippen molar-refractivity contribution in [3.63, 3.8) is 0 Å². The Morgan fingerprint density at radius 3 is 1.82 bits per heavy atom. The van der Waals surface area contributed by atoms with Crippen LogP contribution in [0.15, 0.2) is 156 Å². The Morgan fingerprint density at radius 2 is 0.956 bits per heavy atom. The van der Waals surface area contributed by atoms with E-state index in [-0.39, 0.29) is 0 Å².